The van der Waals surface area contributed by atoms with E-state index in [-0.39, 0.29) is 5.28 Å². The Kier molecular flexibility index (Phi) is 5.19. The maximum absolute atomic E-state index is 6.20. The Morgan fingerprint density at radius 3 is 2.62 bits per heavy atom. The summed E-state index contributed by atoms with van der Waals surface area (Å²) >= 11 is 7.83. The highest BCUT2D eigenvalue weighted by Crippen LogP contribution is 2.31. The van der Waals surface area contributed by atoms with E-state index in [1.54, 1.807) is 18.1 Å². The van der Waals surface area contributed by atoms with Crippen LogP contribution in [0.5, 0.6) is 0 Å². The Hall–Kier alpha value is -1.96. The molecule has 3 heterocycles. The number of nitrogens with zero attached hydrogens (tertiary/aromatic N) is 5. The zero-order valence-corrected chi connectivity index (χ0v) is 15.9. The van der Waals surface area contributed by atoms with Crippen molar-refractivity contribution in [1.82, 2.24) is 19.9 Å². The van der Waals surface area contributed by atoms with Crippen molar-refractivity contribution in [2.45, 2.75) is 17.7 Å². The van der Waals surface area contributed by atoms with Crippen LogP contribution >= 0.6 is 23.4 Å². The van der Waals surface area contributed by atoms with Crippen LogP contribution in [0.25, 0.3) is 11.0 Å². The van der Waals surface area contributed by atoms with Crippen molar-refractivity contribution in [3.05, 3.63) is 47.0 Å². The minimum Gasteiger partial charge on any atom is -0.378 e. The molecular weight excluding hydrogens is 370 g/mol. The van der Waals surface area contributed by atoms with E-state index in [4.69, 9.17) is 16.3 Å². The number of hydrogen-bond acceptors (Lipinski definition) is 7. The molecule has 2 aromatic heterocycles. The van der Waals surface area contributed by atoms with Gasteiger partial charge < -0.3 is 9.64 Å². The lowest BCUT2D eigenvalue weighted by Gasteiger charge is -2.28. The number of rotatable bonds is 4. The van der Waals surface area contributed by atoms with Crippen LogP contribution in [0.2, 0.25) is 5.28 Å². The summed E-state index contributed by atoms with van der Waals surface area (Å²) in [4.78, 5) is 19.8. The molecule has 4 rings (SSSR count). The first-order chi connectivity index (χ1) is 12.7. The zero-order valence-electron chi connectivity index (χ0n) is 14.4. The van der Waals surface area contributed by atoms with Crippen molar-refractivity contribution >= 4 is 40.2 Å². The van der Waals surface area contributed by atoms with E-state index in [0.717, 1.165) is 35.2 Å². The number of halogens is 1. The molecule has 0 spiro atoms. The molecule has 0 bridgehead atoms. The smallest absolute Gasteiger partial charge is 0.225 e. The van der Waals surface area contributed by atoms with Crippen molar-refractivity contribution in [3.63, 3.8) is 0 Å². The van der Waals surface area contributed by atoms with Gasteiger partial charge in [0.15, 0.2) is 5.82 Å². The normalized spacial score (nSPS) is 14.8. The number of morpholine rings is 1. The molecule has 1 fully saturated rings. The van der Waals surface area contributed by atoms with Gasteiger partial charge in [0.1, 0.15) is 22.4 Å². The standard InChI is InChI=1S/C18H18ClN5OS/c1-12-2-4-13(5-3-12)10-26-17-15-14(20-11-21-17)16(23-18(19)22-15)24-6-8-25-9-7-24/h2-5,11H,6-10H2,1H3. The SMILES string of the molecule is Cc1ccc(CSc2ncnc3c(N4CCOCC4)nc(Cl)nc23)cc1. The number of aromatic nitrogens is 4. The molecule has 1 saturated heterocycles. The molecular formula is C18H18ClN5OS. The number of hydrogen-bond donors (Lipinski definition) is 0. The summed E-state index contributed by atoms with van der Waals surface area (Å²) in [7, 11) is 0. The quantitative estimate of drug-likeness (QED) is 0.385. The highest BCUT2D eigenvalue weighted by Gasteiger charge is 2.20. The summed E-state index contributed by atoms with van der Waals surface area (Å²) < 4.78 is 5.43. The van der Waals surface area contributed by atoms with E-state index in [2.05, 4.69) is 56.0 Å². The third kappa shape index (κ3) is 3.75. The minimum absolute atomic E-state index is 0.214. The molecule has 0 aliphatic carbocycles. The third-order valence-corrected chi connectivity index (χ3v) is 5.43. The van der Waals surface area contributed by atoms with Crippen LogP contribution in [-0.2, 0) is 10.5 Å². The van der Waals surface area contributed by atoms with Crippen LogP contribution in [0, 0.1) is 6.92 Å². The lowest BCUT2D eigenvalue weighted by Crippen LogP contribution is -2.37. The summed E-state index contributed by atoms with van der Waals surface area (Å²) in [5, 5.41) is 1.03. The van der Waals surface area contributed by atoms with E-state index in [1.165, 1.54) is 11.1 Å². The van der Waals surface area contributed by atoms with Gasteiger partial charge in [0.25, 0.3) is 0 Å². The van der Waals surface area contributed by atoms with Crippen molar-refractivity contribution in [1.29, 1.82) is 0 Å². The van der Waals surface area contributed by atoms with Gasteiger partial charge in [0, 0.05) is 18.8 Å². The number of thioether (sulfide) groups is 1. The maximum atomic E-state index is 6.20. The molecule has 0 unspecified atom stereocenters. The predicted molar refractivity (Wildman–Crippen MR) is 104 cm³/mol. The Labute approximate surface area is 161 Å². The maximum Gasteiger partial charge on any atom is 0.225 e. The molecule has 1 aliphatic rings. The topological polar surface area (TPSA) is 64.0 Å². The average Bonchev–Trinajstić information content (AvgIpc) is 2.68. The van der Waals surface area contributed by atoms with Crippen LogP contribution in [0.3, 0.4) is 0 Å². The van der Waals surface area contributed by atoms with E-state index in [1.807, 2.05) is 0 Å². The van der Waals surface area contributed by atoms with Crippen LogP contribution < -0.4 is 4.90 Å². The van der Waals surface area contributed by atoms with Gasteiger partial charge in [-0.05, 0) is 24.1 Å². The predicted octanol–water partition coefficient (Wildman–Crippen LogP) is 3.51. The van der Waals surface area contributed by atoms with Crippen LogP contribution in [-0.4, -0.2) is 46.2 Å². The second-order valence-electron chi connectivity index (χ2n) is 6.07. The Balaban J connectivity index is 1.67. The van der Waals surface area contributed by atoms with Gasteiger partial charge in [-0.1, -0.05) is 41.6 Å². The van der Waals surface area contributed by atoms with Gasteiger partial charge in [-0.2, -0.15) is 4.98 Å². The monoisotopic (exact) mass is 387 g/mol. The van der Waals surface area contributed by atoms with Gasteiger partial charge >= 0.3 is 0 Å². The fourth-order valence-corrected chi connectivity index (χ4v) is 3.88. The molecule has 26 heavy (non-hydrogen) atoms. The third-order valence-electron chi connectivity index (χ3n) is 4.21. The first-order valence-corrected chi connectivity index (χ1v) is 9.76. The van der Waals surface area contributed by atoms with Gasteiger partial charge in [-0.3, -0.25) is 0 Å². The summed E-state index contributed by atoms with van der Waals surface area (Å²) in [6, 6.07) is 8.49. The van der Waals surface area contributed by atoms with Crippen molar-refractivity contribution in [3.8, 4) is 0 Å². The molecule has 0 saturated carbocycles. The number of benzene rings is 1. The average molecular weight is 388 g/mol. The Bertz CT molecular complexity index is 915. The molecule has 0 amide bonds. The molecule has 8 heteroatoms. The fourth-order valence-electron chi connectivity index (χ4n) is 2.82. The largest absolute Gasteiger partial charge is 0.378 e. The number of ether oxygens (including phenoxy) is 1. The van der Waals surface area contributed by atoms with E-state index < -0.39 is 0 Å². The van der Waals surface area contributed by atoms with Gasteiger partial charge in [-0.15, -0.1) is 0 Å². The molecule has 0 atom stereocenters. The molecule has 0 radical (unpaired) electrons. The van der Waals surface area contributed by atoms with Crippen molar-refractivity contribution < 1.29 is 4.74 Å². The second-order valence-corrected chi connectivity index (χ2v) is 7.37. The Morgan fingerprint density at radius 2 is 1.85 bits per heavy atom. The van der Waals surface area contributed by atoms with Gasteiger partial charge in [-0.25, -0.2) is 15.0 Å². The molecule has 1 aliphatic heterocycles. The van der Waals surface area contributed by atoms with Crippen LogP contribution in [0.1, 0.15) is 11.1 Å². The minimum atomic E-state index is 0.214. The molecule has 1 aromatic carbocycles. The van der Waals surface area contributed by atoms with Crippen molar-refractivity contribution in [2.75, 3.05) is 31.2 Å². The van der Waals surface area contributed by atoms with E-state index in [0.29, 0.717) is 18.7 Å². The highest BCUT2D eigenvalue weighted by molar-refractivity contribution is 7.98. The summed E-state index contributed by atoms with van der Waals surface area (Å²) in [5.41, 5.74) is 3.92. The van der Waals surface area contributed by atoms with E-state index >= 15 is 0 Å². The first-order valence-electron chi connectivity index (χ1n) is 8.40. The summed E-state index contributed by atoms with van der Waals surface area (Å²) in [6.07, 6.45) is 1.57. The number of anilines is 1. The molecule has 0 N–H and O–H groups in total. The van der Waals surface area contributed by atoms with Gasteiger partial charge in [0.05, 0.1) is 13.2 Å². The Morgan fingerprint density at radius 1 is 1.08 bits per heavy atom. The highest BCUT2D eigenvalue weighted by atomic mass is 35.5. The van der Waals surface area contributed by atoms with Crippen LogP contribution in [0.15, 0.2) is 35.6 Å². The zero-order chi connectivity index (χ0) is 17.9. The first kappa shape index (κ1) is 17.5. The fraction of sp³-hybridized carbons (Fsp3) is 0.333. The summed E-state index contributed by atoms with van der Waals surface area (Å²) in [6.45, 7) is 4.95. The molecule has 6 nitrogen and oxygen atoms in total. The van der Waals surface area contributed by atoms with Crippen LogP contribution in [0.4, 0.5) is 5.82 Å². The van der Waals surface area contributed by atoms with E-state index in [9.17, 15) is 0 Å². The molecule has 134 valence electrons. The summed E-state index contributed by atoms with van der Waals surface area (Å²) in [5.74, 6) is 1.56. The number of fused-ring (bicyclic) bond motifs is 1. The lowest BCUT2D eigenvalue weighted by molar-refractivity contribution is 0.122. The number of aryl methyl sites for hydroxylation is 1. The molecule has 3 aromatic rings. The lowest BCUT2D eigenvalue weighted by atomic mass is 10.2. The van der Waals surface area contributed by atoms with Gasteiger partial charge in [0.2, 0.25) is 5.28 Å². The second kappa shape index (κ2) is 7.73. The van der Waals surface area contributed by atoms with Crippen molar-refractivity contribution in [2.24, 2.45) is 0 Å².